The van der Waals surface area contributed by atoms with Gasteiger partial charge in [0.2, 0.25) is 0 Å². The van der Waals surface area contributed by atoms with Gasteiger partial charge in [-0.15, -0.1) is 6.58 Å². The van der Waals surface area contributed by atoms with Crippen LogP contribution in [0.3, 0.4) is 0 Å². The summed E-state index contributed by atoms with van der Waals surface area (Å²) >= 11 is 0. The Labute approximate surface area is 54.2 Å². The van der Waals surface area contributed by atoms with Gasteiger partial charge in [-0.25, -0.2) is 0 Å². The van der Waals surface area contributed by atoms with E-state index in [0.29, 0.717) is 0 Å². The lowest BCUT2D eigenvalue weighted by atomic mass is 9.74. The van der Waals surface area contributed by atoms with Crippen LogP contribution in [0, 0.1) is 11.8 Å². The molecule has 1 aliphatic rings. The summed E-state index contributed by atoms with van der Waals surface area (Å²) in [5.74, 6) is -0.573. The molecule has 0 spiro atoms. The summed E-state index contributed by atoms with van der Waals surface area (Å²) in [5.41, 5.74) is 0. The first-order chi connectivity index (χ1) is 4.25. The third-order valence-electron chi connectivity index (χ3n) is 1.95. The van der Waals surface area contributed by atoms with Gasteiger partial charge >= 0.3 is 5.97 Å². The number of rotatable bonds is 2. The van der Waals surface area contributed by atoms with Crippen LogP contribution in [0.4, 0.5) is 0 Å². The molecule has 1 N–H and O–H groups in total. The fourth-order valence-electron chi connectivity index (χ4n) is 1.11. The van der Waals surface area contributed by atoms with E-state index in [-0.39, 0.29) is 11.8 Å². The molecule has 0 unspecified atom stereocenters. The summed E-state index contributed by atoms with van der Waals surface area (Å²) in [6.45, 7) is 3.55. The average molecular weight is 126 g/mol. The van der Waals surface area contributed by atoms with E-state index < -0.39 is 5.97 Å². The van der Waals surface area contributed by atoms with E-state index in [4.69, 9.17) is 5.11 Å². The van der Waals surface area contributed by atoms with Crippen LogP contribution in [0.25, 0.3) is 0 Å². The van der Waals surface area contributed by atoms with Gasteiger partial charge in [-0.2, -0.15) is 0 Å². The summed E-state index contributed by atoms with van der Waals surface area (Å²) in [5, 5.41) is 8.49. The zero-order valence-electron chi connectivity index (χ0n) is 5.21. The van der Waals surface area contributed by atoms with Crippen molar-refractivity contribution in [1.29, 1.82) is 0 Å². The van der Waals surface area contributed by atoms with E-state index in [1.54, 1.807) is 6.08 Å². The topological polar surface area (TPSA) is 37.3 Å². The van der Waals surface area contributed by atoms with E-state index >= 15 is 0 Å². The highest BCUT2D eigenvalue weighted by molar-refractivity contribution is 5.71. The number of carbonyl (C=O) groups is 1. The fourth-order valence-corrected chi connectivity index (χ4v) is 1.11. The van der Waals surface area contributed by atoms with Gasteiger partial charge < -0.3 is 5.11 Å². The number of allylic oxidation sites excluding steroid dienone is 1. The Morgan fingerprint density at radius 1 is 1.67 bits per heavy atom. The van der Waals surface area contributed by atoms with Crippen LogP contribution < -0.4 is 0 Å². The molecule has 0 amide bonds. The third kappa shape index (κ3) is 0.969. The summed E-state index contributed by atoms with van der Waals surface area (Å²) < 4.78 is 0. The van der Waals surface area contributed by atoms with Crippen molar-refractivity contribution in [1.82, 2.24) is 0 Å². The van der Waals surface area contributed by atoms with Crippen molar-refractivity contribution in [3.05, 3.63) is 12.7 Å². The second-order valence-electron chi connectivity index (χ2n) is 2.42. The van der Waals surface area contributed by atoms with Gasteiger partial charge in [0.15, 0.2) is 0 Å². The zero-order chi connectivity index (χ0) is 6.85. The SMILES string of the molecule is C=C[C@H]1CC[C@H]1C(=O)O. The highest BCUT2D eigenvalue weighted by Gasteiger charge is 2.33. The van der Waals surface area contributed by atoms with Gasteiger partial charge in [0, 0.05) is 0 Å². The van der Waals surface area contributed by atoms with Crippen LogP contribution >= 0.6 is 0 Å². The maximum absolute atomic E-state index is 10.3. The first-order valence-corrected chi connectivity index (χ1v) is 3.11. The summed E-state index contributed by atoms with van der Waals surface area (Å²) in [6.07, 6.45) is 3.56. The lowest BCUT2D eigenvalue weighted by Crippen LogP contribution is -2.31. The first kappa shape index (κ1) is 6.33. The van der Waals surface area contributed by atoms with Crippen molar-refractivity contribution in [3.8, 4) is 0 Å². The monoisotopic (exact) mass is 126 g/mol. The molecule has 1 saturated carbocycles. The minimum Gasteiger partial charge on any atom is -0.481 e. The molecule has 0 aromatic carbocycles. The van der Waals surface area contributed by atoms with E-state index in [1.165, 1.54) is 0 Å². The molecule has 0 radical (unpaired) electrons. The number of aliphatic carboxylic acids is 1. The Bertz CT molecular complexity index is 140. The predicted octanol–water partition coefficient (Wildman–Crippen LogP) is 1.28. The Kier molecular flexibility index (Phi) is 1.56. The van der Waals surface area contributed by atoms with Gasteiger partial charge in [-0.1, -0.05) is 6.08 Å². The maximum Gasteiger partial charge on any atom is 0.307 e. The lowest BCUT2D eigenvalue weighted by molar-refractivity contribution is -0.146. The van der Waals surface area contributed by atoms with Gasteiger partial charge in [0.25, 0.3) is 0 Å². The van der Waals surface area contributed by atoms with E-state index in [9.17, 15) is 4.79 Å². The standard InChI is InChI=1S/C7H10O2/c1-2-5-3-4-6(5)7(8)9/h2,5-6H,1,3-4H2,(H,8,9)/t5-,6+/m0/s1. The van der Waals surface area contributed by atoms with E-state index in [2.05, 4.69) is 6.58 Å². The Morgan fingerprint density at radius 2 is 2.33 bits per heavy atom. The number of carboxylic acid groups (broad SMARTS) is 1. The summed E-state index contributed by atoms with van der Waals surface area (Å²) in [6, 6.07) is 0. The first-order valence-electron chi connectivity index (χ1n) is 3.11. The van der Waals surface area contributed by atoms with Crippen molar-refractivity contribution in [2.45, 2.75) is 12.8 Å². The molecule has 2 heteroatoms. The van der Waals surface area contributed by atoms with Crippen LogP contribution in [0.2, 0.25) is 0 Å². The molecule has 2 atom stereocenters. The largest absolute Gasteiger partial charge is 0.481 e. The second kappa shape index (κ2) is 2.21. The molecule has 0 aromatic rings. The quantitative estimate of drug-likeness (QED) is 0.566. The Morgan fingerprint density at radius 3 is 2.44 bits per heavy atom. The van der Waals surface area contributed by atoms with Gasteiger partial charge in [-0.3, -0.25) is 4.79 Å². The molecule has 1 aliphatic carbocycles. The van der Waals surface area contributed by atoms with Crippen molar-refractivity contribution in [2.24, 2.45) is 11.8 Å². The number of hydrogen-bond acceptors (Lipinski definition) is 1. The molecule has 9 heavy (non-hydrogen) atoms. The van der Waals surface area contributed by atoms with E-state index in [0.717, 1.165) is 12.8 Å². The van der Waals surface area contributed by atoms with Crippen LogP contribution in [0.1, 0.15) is 12.8 Å². The minimum atomic E-state index is -0.675. The lowest BCUT2D eigenvalue weighted by Gasteiger charge is -2.30. The van der Waals surface area contributed by atoms with Crippen molar-refractivity contribution in [2.75, 3.05) is 0 Å². The predicted molar refractivity (Wildman–Crippen MR) is 34.0 cm³/mol. The molecule has 0 saturated heterocycles. The molecule has 2 nitrogen and oxygen atoms in total. The molecule has 0 aliphatic heterocycles. The molecular weight excluding hydrogens is 116 g/mol. The Balaban J connectivity index is 2.44. The summed E-state index contributed by atoms with van der Waals surface area (Å²) in [7, 11) is 0. The number of carboxylic acids is 1. The highest BCUT2D eigenvalue weighted by atomic mass is 16.4. The fraction of sp³-hybridized carbons (Fsp3) is 0.571. The third-order valence-corrected chi connectivity index (χ3v) is 1.95. The molecule has 1 rings (SSSR count). The average Bonchev–Trinajstić information content (AvgIpc) is 1.61. The van der Waals surface area contributed by atoms with Gasteiger partial charge in [0.1, 0.15) is 0 Å². The van der Waals surface area contributed by atoms with Gasteiger partial charge in [0.05, 0.1) is 5.92 Å². The maximum atomic E-state index is 10.3. The molecular formula is C7H10O2. The molecule has 0 aromatic heterocycles. The normalized spacial score (nSPS) is 32.9. The molecule has 50 valence electrons. The smallest absolute Gasteiger partial charge is 0.307 e. The second-order valence-corrected chi connectivity index (χ2v) is 2.42. The van der Waals surface area contributed by atoms with Crippen LogP contribution in [0.15, 0.2) is 12.7 Å². The highest BCUT2D eigenvalue weighted by Crippen LogP contribution is 2.34. The molecule has 0 heterocycles. The van der Waals surface area contributed by atoms with Crippen molar-refractivity contribution >= 4 is 5.97 Å². The van der Waals surface area contributed by atoms with E-state index in [1.807, 2.05) is 0 Å². The Hall–Kier alpha value is -0.790. The van der Waals surface area contributed by atoms with Crippen LogP contribution in [-0.4, -0.2) is 11.1 Å². The van der Waals surface area contributed by atoms with Crippen molar-refractivity contribution in [3.63, 3.8) is 0 Å². The van der Waals surface area contributed by atoms with Gasteiger partial charge in [-0.05, 0) is 18.8 Å². The van der Waals surface area contributed by atoms with Crippen molar-refractivity contribution < 1.29 is 9.90 Å². The summed E-state index contributed by atoms with van der Waals surface area (Å²) in [4.78, 5) is 10.3. The van der Waals surface area contributed by atoms with Crippen LogP contribution in [0.5, 0.6) is 0 Å². The molecule has 1 fully saturated rings. The zero-order valence-corrected chi connectivity index (χ0v) is 5.21. The minimum absolute atomic E-state index is 0.137. The number of hydrogen-bond donors (Lipinski definition) is 1. The molecule has 0 bridgehead atoms. The van der Waals surface area contributed by atoms with Crippen LogP contribution in [-0.2, 0) is 4.79 Å².